The summed E-state index contributed by atoms with van der Waals surface area (Å²) >= 11 is 1.99. The molecule has 2 N–H and O–H groups in total. The molecule has 0 spiro atoms. The molecular weight excluding hydrogens is 258 g/mol. The van der Waals surface area contributed by atoms with E-state index in [0.29, 0.717) is 17.7 Å². The molecule has 0 heterocycles. The van der Waals surface area contributed by atoms with E-state index in [0.717, 1.165) is 24.2 Å². The van der Waals surface area contributed by atoms with Gasteiger partial charge < -0.3 is 10.4 Å². The van der Waals surface area contributed by atoms with Gasteiger partial charge >= 0.3 is 0 Å². The van der Waals surface area contributed by atoms with Crippen molar-refractivity contribution in [2.75, 3.05) is 5.75 Å². The lowest BCUT2D eigenvalue weighted by atomic mass is 10.1. The number of phenols is 1. The molecule has 1 aliphatic carbocycles. The topological polar surface area (TPSA) is 49.3 Å². The second kappa shape index (κ2) is 6.85. The lowest BCUT2D eigenvalue weighted by Crippen LogP contribution is -2.34. The smallest absolute Gasteiger partial charge is 0.224 e. The zero-order chi connectivity index (χ0) is 13.7. The predicted molar refractivity (Wildman–Crippen MR) is 79.5 cm³/mol. The monoisotopic (exact) mass is 279 g/mol. The molecule has 1 saturated carbocycles. The maximum Gasteiger partial charge on any atom is 0.224 e. The van der Waals surface area contributed by atoms with Gasteiger partial charge in [0.25, 0.3) is 0 Å². The zero-order valence-electron chi connectivity index (χ0n) is 11.3. The summed E-state index contributed by atoms with van der Waals surface area (Å²) in [7, 11) is 0. The van der Waals surface area contributed by atoms with Crippen LogP contribution in [0.3, 0.4) is 0 Å². The van der Waals surface area contributed by atoms with Crippen LogP contribution in [0.4, 0.5) is 0 Å². The summed E-state index contributed by atoms with van der Waals surface area (Å²) in [6, 6.07) is 7.22. The molecule has 104 valence electrons. The normalized spacial score (nSPS) is 22.4. The summed E-state index contributed by atoms with van der Waals surface area (Å²) in [5.41, 5.74) is 0.856. The van der Waals surface area contributed by atoms with E-state index in [1.165, 1.54) is 6.42 Å². The van der Waals surface area contributed by atoms with Crippen molar-refractivity contribution in [3.8, 4) is 5.75 Å². The summed E-state index contributed by atoms with van der Waals surface area (Å²) in [5, 5.41) is 13.2. The Hall–Kier alpha value is -1.16. The summed E-state index contributed by atoms with van der Waals surface area (Å²) < 4.78 is 0. The molecule has 2 atom stereocenters. The summed E-state index contributed by atoms with van der Waals surface area (Å²) in [5.74, 6) is 1.41. The van der Waals surface area contributed by atoms with Gasteiger partial charge in [0, 0.05) is 11.3 Å². The number of amides is 1. The van der Waals surface area contributed by atoms with Crippen LogP contribution in [0, 0.1) is 0 Å². The molecule has 1 aliphatic rings. The van der Waals surface area contributed by atoms with Gasteiger partial charge in [-0.2, -0.15) is 11.8 Å². The standard InChI is InChI=1S/C15H21NO2S/c1-2-19-14-7-6-12(10-14)16-15(18)9-11-4-3-5-13(17)8-11/h3-5,8,12,14,17H,2,6-7,9-10H2,1H3,(H,16,18)/t12-,14+/m1/s1. The Morgan fingerprint density at radius 3 is 3.05 bits per heavy atom. The summed E-state index contributed by atoms with van der Waals surface area (Å²) in [6.45, 7) is 2.18. The molecule has 1 amide bonds. The Labute approximate surface area is 118 Å². The molecule has 0 saturated heterocycles. The van der Waals surface area contributed by atoms with E-state index in [1.807, 2.05) is 17.8 Å². The van der Waals surface area contributed by atoms with Crippen LogP contribution in [0.15, 0.2) is 24.3 Å². The third-order valence-corrected chi connectivity index (χ3v) is 4.66. The molecule has 1 aromatic carbocycles. The van der Waals surface area contributed by atoms with E-state index in [2.05, 4.69) is 12.2 Å². The maximum absolute atomic E-state index is 11.9. The fourth-order valence-electron chi connectivity index (χ4n) is 2.59. The van der Waals surface area contributed by atoms with Gasteiger partial charge in [0.1, 0.15) is 5.75 Å². The van der Waals surface area contributed by atoms with E-state index in [-0.39, 0.29) is 11.7 Å². The Morgan fingerprint density at radius 2 is 2.32 bits per heavy atom. The van der Waals surface area contributed by atoms with Crippen LogP contribution < -0.4 is 5.32 Å². The molecule has 1 aromatic rings. The van der Waals surface area contributed by atoms with Gasteiger partial charge in [0.15, 0.2) is 0 Å². The van der Waals surface area contributed by atoms with Crippen molar-refractivity contribution in [3.63, 3.8) is 0 Å². The van der Waals surface area contributed by atoms with Gasteiger partial charge in [-0.3, -0.25) is 4.79 Å². The summed E-state index contributed by atoms with van der Waals surface area (Å²) in [6.07, 6.45) is 3.72. The second-order valence-corrected chi connectivity index (χ2v) is 6.58. The minimum absolute atomic E-state index is 0.0535. The molecule has 3 nitrogen and oxygen atoms in total. The molecule has 0 bridgehead atoms. The van der Waals surface area contributed by atoms with Crippen LogP contribution in [0.5, 0.6) is 5.75 Å². The Morgan fingerprint density at radius 1 is 1.47 bits per heavy atom. The fourth-order valence-corrected chi connectivity index (χ4v) is 3.73. The number of phenolic OH excluding ortho intramolecular Hbond substituents is 1. The van der Waals surface area contributed by atoms with Crippen molar-refractivity contribution >= 4 is 17.7 Å². The van der Waals surface area contributed by atoms with Gasteiger partial charge in [-0.05, 0) is 42.7 Å². The van der Waals surface area contributed by atoms with Gasteiger partial charge in [-0.25, -0.2) is 0 Å². The van der Waals surface area contributed by atoms with Crippen molar-refractivity contribution in [3.05, 3.63) is 29.8 Å². The number of thioether (sulfide) groups is 1. The molecular formula is C15H21NO2S. The molecule has 19 heavy (non-hydrogen) atoms. The molecule has 1 fully saturated rings. The van der Waals surface area contributed by atoms with Gasteiger partial charge in [0.05, 0.1) is 6.42 Å². The Kier molecular flexibility index (Phi) is 5.14. The lowest BCUT2D eigenvalue weighted by molar-refractivity contribution is -0.121. The molecule has 2 rings (SSSR count). The molecule has 0 unspecified atom stereocenters. The number of benzene rings is 1. The third-order valence-electron chi connectivity index (χ3n) is 3.43. The predicted octanol–water partition coefficient (Wildman–Crippen LogP) is 2.73. The highest BCUT2D eigenvalue weighted by Gasteiger charge is 2.25. The minimum atomic E-state index is 0.0535. The first kappa shape index (κ1) is 14.3. The lowest BCUT2D eigenvalue weighted by Gasteiger charge is -2.13. The Balaban J connectivity index is 1.79. The molecule has 0 aliphatic heterocycles. The van der Waals surface area contributed by atoms with Gasteiger partial charge in [0.2, 0.25) is 5.91 Å². The first-order valence-electron chi connectivity index (χ1n) is 6.86. The molecule has 0 aromatic heterocycles. The highest BCUT2D eigenvalue weighted by molar-refractivity contribution is 7.99. The van der Waals surface area contributed by atoms with Gasteiger partial charge in [-0.15, -0.1) is 0 Å². The number of rotatable bonds is 5. The minimum Gasteiger partial charge on any atom is -0.508 e. The van der Waals surface area contributed by atoms with Crippen LogP contribution in [0.25, 0.3) is 0 Å². The number of nitrogens with one attached hydrogen (secondary N) is 1. The molecule has 0 radical (unpaired) electrons. The first-order chi connectivity index (χ1) is 9.17. The van der Waals surface area contributed by atoms with Gasteiger partial charge in [-0.1, -0.05) is 19.1 Å². The summed E-state index contributed by atoms with van der Waals surface area (Å²) in [4.78, 5) is 11.9. The number of carbonyl (C=O) groups excluding carboxylic acids is 1. The fraction of sp³-hybridized carbons (Fsp3) is 0.533. The average Bonchev–Trinajstić information content (AvgIpc) is 2.77. The number of carbonyl (C=O) groups is 1. The zero-order valence-corrected chi connectivity index (χ0v) is 12.1. The number of hydrogen-bond acceptors (Lipinski definition) is 3. The number of hydrogen-bond donors (Lipinski definition) is 2. The third kappa shape index (κ3) is 4.46. The van der Waals surface area contributed by atoms with Crippen LogP contribution in [-0.4, -0.2) is 28.1 Å². The van der Waals surface area contributed by atoms with Crippen LogP contribution in [0.1, 0.15) is 31.7 Å². The average molecular weight is 279 g/mol. The SMILES string of the molecule is CCS[C@H]1CC[C@@H](NC(=O)Cc2cccc(O)c2)C1. The van der Waals surface area contributed by atoms with E-state index < -0.39 is 0 Å². The van der Waals surface area contributed by atoms with Crippen LogP contribution in [-0.2, 0) is 11.2 Å². The van der Waals surface area contributed by atoms with E-state index >= 15 is 0 Å². The largest absolute Gasteiger partial charge is 0.508 e. The second-order valence-electron chi connectivity index (χ2n) is 5.00. The number of aromatic hydroxyl groups is 1. The van der Waals surface area contributed by atoms with Crippen LogP contribution >= 0.6 is 11.8 Å². The van der Waals surface area contributed by atoms with Crippen LogP contribution in [0.2, 0.25) is 0 Å². The van der Waals surface area contributed by atoms with Crippen molar-refractivity contribution in [1.82, 2.24) is 5.32 Å². The van der Waals surface area contributed by atoms with E-state index in [1.54, 1.807) is 18.2 Å². The maximum atomic E-state index is 11.9. The van der Waals surface area contributed by atoms with Crippen molar-refractivity contribution in [2.24, 2.45) is 0 Å². The first-order valence-corrected chi connectivity index (χ1v) is 7.91. The highest BCUT2D eigenvalue weighted by Crippen LogP contribution is 2.29. The van der Waals surface area contributed by atoms with Crippen molar-refractivity contribution in [2.45, 2.75) is 43.9 Å². The highest BCUT2D eigenvalue weighted by atomic mass is 32.2. The van der Waals surface area contributed by atoms with Crippen molar-refractivity contribution < 1.29 is 9.90 Å². The quantitative estimate of drug-likeness (QED) is 0.871. The van der Waals surface area contributed by atoms with Crippen molar-refractivity contribution in [1.29, 1.82) is 0 Å². The van der Waals surface area contributed by atoms with E-state index in [9.17, 15) is 9.90 Å². The molecule has 4 heteroatoms. The Bertz CT molecular complexity index is 436. The van der Waals surface area contributed by atoms with E-state index in [4.69, 9.17) is 0 Å².